The predicted molar refractivity (Wildman–Crippen MR) is 80.8 cm³/mol. The van der Waals surface area contributed by atoms with Crippen molar-refractivity contribution in [3.8, 4) is 0 Å². The van der Waals surface area contributed by atoms with Crippen molar-refractivity contribution in [3.05, 3.63) is 70.7 Å². The van der Waals surface area contributed by atoms with Gasteiger partial charge in [-0.1, -0.05) is 23.8 Å². The highest BCUT2D eigenvalue weighted by molar-refractivity contribution is 6.12. The lowest BCUT2D eigenvalue weighted by Crippen LogP contribution is -2.05. The summed E-state index contributed by atoms with van der Waals surface area (Å²) in [6, 6.07) is 9.60. The molecule has 1 aromatic heterocycles. The van der Waals surface area contributed by atoms with Crippen molar-refractivity contribution in [2.45, 2.75) is 13.8 Å². The van der Waals surface area contributed by atoms with Crippen molar-refractivity contribution in [3.63, 3.8) is 0 Å². The molecule has 0 radical (unpaired) electrons. The average molecular weight is 278 g/mol. The summed E-state index contributed by atoms with van der Waals surface area (Å²) in [5, 5.41) is 0. The number of carbonyl (C=O) groups excluding carboxylic acids is 1. The van der Waals surface area contributed by atoms with E-state index in [4.69, 9.17) is 4.74 Å². The fraction of sp³-hybridized carbons (Fsp3) is 0.118. The number of aliphatic imine (C=N–C) groups is 1. The highest BCUT2D eigenvalue weighted by atomic mass is 16.6. The highest BCUT2D eigenvalue weighted by Gasteiger charge is 2.24. The number of pyridine rings is 1. The summed E-state index contributed by atoms with van der Waals surface area (Å²) < 4.78 is 5.22. The number of ether oxygens (including phenoxy) is 1. The van der Waals surface area contributed by atoms with Crippen LogP contribution in [0.3, 0.4) is 0 Å². The second-order valence-corrected chi connectivity index (χ2v) is 4.93. The van der Waals surface area contributed by atoms with Crippen LogP contribution in [0, 0.1) is 13.8 Å². The topological polar surface area (TPSA) is 51.6 Å². The van der Waals surface area contributed by atoms with E-state index >= 15 is 0 Å². The van der Waals surface area contributed by atoms with Crippen molar-refractivity contribution in [2.75, 3.05) is 0 Å². The zero-order chi connectivity index (χ0) is 14.8. The van der Waals surface area contributed by atoms with Gasteiger partial charge in [0.25, 0.3) is 0 Å². The Bertz CT molecular complexity index is 762. The maximum Gasteiger partial charge on any atom is 0.363 e. The molecular weight excluding hydrogens is 264 g/mol. The van der Waals surface area contributed by atoms with Crippen LogP contribution >= 0.6 is 0 Å². The molecule has 0 saturated heterocycles. The maximum atomic E-state index is 11.9. The Kier molecular flexibility index (Phi) is 3.36. The van der Waals surface area contributed by atoms with Gasteiger partial charge in [-0.05, 0) is 43.2 Å². The van der Waals surface area contributed by atoms with Crippen molar-refractivity contribution in [1.82, 2.24) is 4.98 Å². The lowest BCUT2D eigenvalue weighted by Gasteiger charge is -2.01. The molecule has 4 heteroatoms. The van der Waals surface area contributed by atoms with Gasteiger partial charge in [0.05, 0.1) is 0 Å². The minimum absolute atomic E-state index is 0.315. The van der Waals surface area contributed by atoms with Crippen molar-refractivity contribution in [1.29, 1.82) is 0 Å². The number of hydrogen-bond acceptors (Lipinski definition) is 4. The number of hydrogen-bond donors (Lipinski definition) is 0. The Morgan fingerprint density at radius 1 is 1.10 bits per heavy atom. The van der Waals surface area contributed by atoms with Gasteiger partial charge in [-0.15, -0.1) is 0 Å². The van der Waals surface area contributed by atoms with E-state index in [-0.39, 0.29) is 0 Å². The van der Waals surface area contributed by atoms with Crippen LogP contribution in [0.1, 0.15) is 22.3 Å². The van der Waals surface area contributed by atoms with Gasteiger partial charge in [-0.25, -0.2) is 9.79 Å². The normalized spacial score (nSPS) is 16.0. The maximum absolute atomic E-state index is 11.9. The van der Waals surface area contributed by atoms with Crippen LogP contribution < -0.4 is 0 Å². The molecule has 104 valence electrons. The minimum atomic E-state index is -0.428. The Hall–Kier alpha value is -2.75. The quantitative estimate of drug-likeness (QED) is 0.626. The predicted octanol–water partition coefficient (Wildman–Crippen LogP) is 3.04. The van der Waals surface area contributed by atoms with E-state index in [1.54, 1.807) is 30.6 Å². The Balaban J connectivity index is 1.99. The van der Waals surface area contributed by atoms with E-state index in [1.165, 1.54) is 0 Å². The van der Waals surface area contributed by atoms with Crippen LogP contribution in [-0.4, -0.2) is 16.9 Å². The van der Waals surface area contributed by atoms with E-state index < -0.39 is 5.97 Å². The lowest BCUT2D eigenvalue weighted by atomic mass is 10.0. The fourth-order valence-electron chi connectivity index (χ4n) is 2.09. The second-order valence-electron chi connectivity index (χ2n) is 4.93. The Morgan fingerprint density at radius 3 is 2.62 bits per heavy atom. The molecule has 1 aromatic carbocycles. The molecule has 4 nitrogen and oxygen atoms in total. The molecule has 1 aliphatic rings. The number of esters is 1. The number of carbonyl (C=O) groups is 1. The van der Waals surface area contributed by atoms with E-state index in [1.807, 2.05) is 32.0 Å². The lowest BCUT2D eigenvalue weighted by molar-refractivity contribution is -0.129. The summed E-state index contributed by atoms with van der Waals surface area (Å²) >= 11 is 0. The Morgan fingerprint density at radius 2 is 1.86 bits per heavy atom. The Labute approximate surface area is 122 Å². The van der Waals surface area contributed by atoms with Crippen LogP contribution in [0.15, 0.2) is 53.4 Å². The van der Waals surface area contributed by atoms with Crippen LogP contribution in [0.25, 0.3) is 6.08 Å². The van der Waals surface area contributed by atoms with Crippen molar-refractivity contribution in [2.24, 2.45) is 4.99 Å². The largest absolute Gasteiger partial charge is 0.402 e. The molecule has 0 spiro atoms. The molecule has 2 heterocycles. The smallest absolute Gasteiger partial charge is 0.363 e. The molecule has 0 unspecified atom stereocenters. The molecule has 0 aliphatic carbocycles. The van der Waals surface area contributed by atoms with Crippen molar-refractivity contribution >= 4 is 17.9 Å². The average Bonchev–Trinajstić information content (AvgIpc) is 2.85. The molecule has 21 heavy (non-hydrogen) atoms. The van der Waals surface area contributed by atoms with Crippen molar-refractivity contribution < 1.29 is 9.53 Å². The van der Waals surface area contributed by atoms with Gasteiger partial charge in [0, 0.05) is 18.0 Å². The van der Waals surface area contributed by atoms with Gasteiger partial charge in [0.1, 0.15) is 0 Å². The SMILES string of the molecule is Cc1ccc(C)c(/C=C2/N=C(c3ccncc3)OC2=O)c1. The number of benzene rings is 1. The third kappa shape index (κ3) is 2.74. The van der Waals surface area contributed by atoms with Gasteiger partial charge in [-0.3, -0.25) is 4.98 Å². The van der Waals surface area contributed by atoms with E-state index in [2.05, 4.69) is 9.98 Å². The summed E-state index contributed by atoms with van der Waals surface area (Å²) in [4.78, 5) is 20.2. The molecule has 0 bridgehead atoms. The standard InChI is InChI=1S/C17H14N2O2/c1-11-3-4-12(2)14(9-11)10-15-17(20)21-16(19-15)13-5-7-18-8-6-13/h3-10H,1-2H3/b15-10+. The third-order valence-corrected chi connectivity index (χ3v) is 3.27. The zero-order valence-corrected chi connectivity index (χ0v) is 11.8. The highest BCUT2D eigenvalue weighted by Crippen LogP contribution is 2.21. The summed E-state index contributed by atoms with van der Waals surface area (Å²) in [7, 11) is 0. The number of nitrogens with zero attached hydrogens (tertiary/aromatic N) is 2. The number of rotatable bonds is 2. The summed E-state index contributed by atoms with van der Waals surface area (Å²) in [6.45, 7) is 4.01. The second kappa shape index (κ2) is 5.32. The number of aromatic nitrogens is 1. The van der Waals surface area contributed by atoms with Crippen LogP contribution in [0.2, 0.25) is 0 Å². The van der Waals surface area contributed by atoms with Crippen LogP contribution in [-0.2, 0) is 9.53 Å². The molecule has 1 aliphatic heterocycles. The summed E-state index contributed by atoms with van der Waals surface area (Å²) in [6.07, 6.45) is 5.04. The number of cyclic esters (lactones) is 1. The third-order valence-electron chi connectivity index (χ3n) is 3.27. The molecule has 0 fully saturated rings. The first kappa shape index (κ1) is 13.2. The van der Waals surface area contributed by atoms with E-state index in [9.17, 15) is 4.79 Å². The zero-order valence-electron chi connectivity index (χ0n) is 11.8. The molecule has 0 saturated carbocycles. The minimum Gasteiger partial charge on any atom is -0.402 e. The molecule has 0 atom stereocenters. The van der Waals surface area contributed by atoms with Crippen LogP contribution in [0.4, 0.5) is 0 Å². The summed E-state index contributed by atoms with van der Waals surface area (Å²) in [5.41, 5.74) is 4.26. The van der Waals surface area contributed by atoms with Gasteiger partial charge in [-0.2, -0.15) is 0 Å². The summed E-state index contributed by atoms with van der Waals surface area (Å²) in [5.74, 6) is -0.110. The first-order valence-corrected chi connectivity index (χ1v) is 6.64. The molecule has 0 amide bonds. The van der Waals surface area contributed by atoms with Crippen LogP contribution in [0.5, 0.6) is 0 Å². The van der Waals surface area contributed by atoms with Gasteiger partial charge in [0.15, 0.2) is 5.70 Å². The van der Waals surface area contributed by atoms with Gasteiger partial charge < -0.3 is 4.74 Å². The fourth-order valence-corrected chi connectivity index (χ4v) is 2.09. The number of aryl methyl sites for hydroxylation is 2. The van der Waals surface area contributed by atoms with Gasteiger partial charge >= 0.3 is 5.97 Å². The monoisotopic (exact) mass is 278 g/mol. The molecular formula is C17H14N2O2. The first-order valence-electron chi connectivity index (χ1n) is 6.64. The first-order chi connectivity index (χ1) is 10.1. The van der Waals surface area contributed by atoms with E-state index in [0.717, 1.165) is 22.3 Å². The van der Waals surface area contributed by atoms with Gasteiger partial charge in [0.2, 0.25) is 5.90 Å². The molecule has 0 N–H and O–H groups in total. The molecule has 3 rings (SSSR count). The molecule has 2 aromatic rings. The van der Waals surface area contributed by atoms with E-state index in [0.29, 0.717) is 11.6 Å².